The number of amides is 1. The van der Waals surface area contributed by atoms with Crippen molar-refractivity contribution in [2.24, 2.45) is 0 Å². The van der Waals surface area contributed by atoms with Crippen molar-refractivity contribution in [3.05, 3.63) is 48.6 Å². The van der Waals surface area contributed by atoms with Crippen molar-refractivity contribution in [2.75, 3.05) is 0 Å². The van der Waals surface area contributed by atoms with Crippen molar-refractivity contribution in [3.63, 3.8) is 0 Å². The van der Waals surface area contributed by atoms with Gasteiger partial charge in [-0.1, -0.05) is 18.2 Å². The molecule has 19 heavy (non-hydrogen) atoms. The number of hydrogen-bond donors (Lipinski definition) is 3. The summed E-state index contributed by atoms with van der Waals surface area (Å²) in [6.07, 6.45) is 4.36. The molecule has 0 fully saturated rings. The van der Waals surface area contributed by atoms with Gasteiger partial charge in [-0.05, 0) is 30.2 Å². The van der Waals surface area contributed by atoms with Crippen LogP contribution in [0.1, 0.15) is 12.0 Å². The van der Waals surface area contributed by atoms with E-state index in [-0.39, 0.29) is 12.2 Å². The molecule has 5 heteroatoms. The second-order valence-electron chi connectivity index (χ2n) is 3.85. The number of rotatable bonds is 6. The van der Waals surface area contributed by atoms with Crippen molar-refractivity contribution < 1.29 is 19.8 Å². The molecular formula is C14H15NO4. The van der Waals surface area contributed by atoms with Crippen LogP contribution in [0, 0.1) is 0 Å². The molecule has 0 radical (unpaired) electrons. The van der Waals surface area contributed by atoms with Gasteiger partial charge in [0.15, 0.2) is 0 Å². The van der Waals surface area contributed by atoms with Gasteiger partial charge in [0.25, 0.3) is 0 Å². The summed E-state index contributed by atoms with van der Waals surface area (Å²) < 4.78 is 0. The highest BCUT2D eigenvalue weighted by molar-refractivity contribution is 5.94. The molecule has 0 aliphatic heterocycles. The SMILES string of the molecule is C=CCC(NC(=O)/C=C/c1ccc(O)cc1)C(=O)O. The Labute approximate surface area is 110 Å². The first-order valence-electron chi connectivity index (χ1n) is 5.64. The van der Waals surface area contributed by atoms with Crippen LogP contribution in [0.15, 0.2) is 43.0 Å². The van der Waals surface area contributed by atoms with E-state index in [0.29, 0.717) is 0 Å². The zero-order chi connectivity index (χ0) is 14.3. The van der Waals surface area contributed by atoms with Crippen molar-refractivity contribution in [2.45, 2.75) is 12.5 Å². The molecule has 0 saturated heterocycles. The second-order valence-corrected chi connectivity index (χ2v) is 3.85. The number of carbonyl (C=O) groups excluding carboxylic acids is 1. The topological polar surface area (TPSA) is 86.6 Å². The standard InChI is InChI=1S/C14H15NO4/c1-2-3-12(14(18)19)15-13(17)9-6-10-4-7-11(16)8-5-10/h2,4-9,12,16H,1,3H2,(H,15,17)(H,18,19)/b9-6+. The van der Waals surface area contributed by atoms with E-state index in [1.54, 1.807) is 12.1 Å². The van der Waals surface area contributed by atoms with Crippen LogP contribution in [-0.4, -0.2) is 28.1 Å². The summed E-state index contributed by atoms with van der Waals surface area (Å²) in [5.74, 6) is -1.47. The molecule has 3 N–H and O–H groups in total. The van der Waals surface area contributed by atoms with Crippen molar-refractivity contribution >= 4 is 18.0 Å². The van der Waals surface area contributed by atoms with Gasteiger partial charge in [0, 0.05) is 6.08 Å². The Balaban J connectivity index is 2.61. The number of aliphatic carboxylic acids is 1. The van der Waals surface area contributed by atoms with Crippen molar-refractivity contribution in [1.82, 2.24) is 5.32 Å². The van der Waals surface area contributed by atoms with Crippen LogP contribution in [0.4, 0.5) is 0 Å². The fourth-order valence-corrected chi connectivity index (χ4v) is 1.37. The average Bonchev–Trinajstić information content (AvgIpc) is 2.37. The third-order valence-corrected chi connectivity index (χ3v) is 2.34. The zero-order valence-electron chi connectivity index (χ0n) is 10.2. The molecule has 0 aliphatic carbocycles. The van der Waals surface area contributed by atoms with Crippen LogP contribution in [-0.2, 0) is 9.59 Å². The molecule has 1 amide bonds. The number of phenolic OH excluding ortho intramolecular Hbond substituents is 1. The largest absolute Gasteiger partial charge is 0.508 e. The van der Waals surface area contributed by atoms with Crippen LogP contribution in [0.5, 0.6) is 5.75 Å². The van der Waals surface area contributed by atoms with E-state index in [0.717, 1.165) is 5.56 Å². The zero-order valence-corrected chi connectivity index (χ0v) is 10.2. The molecule has 1 unspecified atom stereocenters. The van der Waals surface area contributed by atoms with E-state index in [9.17, 15) is 9.59 Å². The van der Waals surface area contributed by atoms with Crippen LogP contribution >= 0.6 is 0 Å². The molecule has 1 rings (SSSR count). The third kappa shape index (κ3) is 5.08. The number of hydrogen-bond acceptors (Lipinski definition) is 3. The van der Waals surface area contributed by atoms with Crippen molar-refractivity contribution in [3.8, 4) is 5.75 Å². The molecular weight excluding hydrogens is 246 g/mol. The summed E-state index contributed by atoms with van der Waals surface area (Å²) >= 11 is 0. The van der Waals surface area contributed by atoms with Gasteiger partial charge in [-0.2, -0.15) is 0 Å². The minimum absolute atomic E-state index is 0.138. The minimum Gasteiger partial charge on any atom is -0.508 e. The predicted octanol–water partition coefficient (Wildman–Crippen LogP) is 1.55. The summed E-state index contributed by atoms with van der Waals surface area (Å²) in [6, 6.07) is 5.29. The first-order chi connectivity index (χ1) is 9.02. The van der Waals surface area contributed by atoms with Crippen LogP contribution in [0.3, 0.4) is 0 Å². The lowest BCUT2D eigenvalue weighted by atomic mass is 10.2. The van der Waals surface area contributed by atoms with Gasteiger partial charge < -0.3 is 15.5 Å². The number of nitrogens with one attached hydrogen (secondary N) is 1. The number of aromatic hydroxyl groups is 1. The van der Waals surface area contributed by atoms with E-state index < -0.39 is 17.9 Å². The first kappa shape index (κ1) is 14.5. The number of benzene rings is 1. The fraction of sp³-hybridized carbons (Fsp3) is 0.143. The molecule has 1 aromatic rings. The molecule has 1 atom stereocenters. The summed E-state index contributed by atoms with van der Waals surface area (Å²) in [5, 5.41) is 20.3. The maximum Gasteiger partial charge on any atom is 0.326 e. The maximum atomic E-state index is 11.5. The van der Waals surface area contributed by atoms with E-state index in [1.807, 2.05) is 0 Å². The number of carboxylic acid groups (broad SMARTS) is 1. The van der Waals surface area contributed by atoms with Gasteiger partial charge in [-0.15, -0.1) is 6.58 Å². The lowest BCUT2D eigenvalue weighted by molar-refractivity contribution is -0.141. The minimum atomic E-state index is -1.11. The molecule has 100 valence electrons. The fourth-order valence-electron chi connectivity index (χ4n) is 1.37. The quantitative estimate of drug-likeness (QED) is 0.535. The second kappa shape index (κ2) is 7.00. The van der Waals surface area contributed by atoms with Gasteiger partial charge >= 0.3 is 5.97 Å². The Morgan fingerprint density at radius 2 is 1.95 bits per heavy atom. The van der Waals surface area contributed by atoms with E-state index in [4.69, 9.17) is 10.2 Å². The van der Waals surface area contributed by atoms with Crippen LogP contribution in [0.25, 0.3) is 6.08 Å². The Kier molecular flexibility index (Phi) is 5.35. The first-order valence-corrected chi connectivity index (χ1v) is 5.64. The highest BCUT2D eigenvalue weighted by Crippen LogP contribution is 2.10. The summed E-state index contributed by atoms with van der Waals surface area (Å²) in [4.78, 5) is 22.4. The molecule has 5 nitrogen and oxygen atoms in total. The lowest BCUT2D eigenvalue weighted by Crippen LogP contribution is -2.39. The molecule has 0 aliphatic rings. The van der Waals surface area contributed by atoms with Gasteiger partial charge in [0.1, 0.15) is 11.8 Å². The molecule has 0 aromatic heterocycles. The van der Waals surface area contributed by atoms with Gasteiger partial charge in [0.2, 0.25) is 5.91 Å². The third-order valence-electron chi connectivity index (χ3n) is 2.34. The van der Waals surface area contributed by atoms with E-state index in [2.05, 4.69) is 11.9 Å². The average molecular weight is 261 g/mol. The van der Waals surface area contributed by atoms with E-state index >= 15 is 0 Å². The maximum absolute atomic E-state index is 11.5. The normalized spacial score (nSPS) is 12.0. The van der Waals surface area contributed by atoms with Gasteiger partial charge in [0.05, 0.1) is 0 Å². The molecule has 0 bridgehead atoms. The summed E-state index contributed by atoms with van der Waals surface area (Å²) in [5.41, 5.74) is 0.726. The Morgan fingerprint density at radius 3 is 2.47 bits per heavy atom. The number of carboxylic acids is 1. The van der Waals surface area contributed by atoms with E-state index in [1.165, 1.54) is 30.4 Å². The molecule has 0 heterocycles. The highest BCUT2D eigenvalue weighted by atomic mass is 16.4. The van der Waals surface area contributed by atoms with Crippen LogP contribution < -0.4 is 5.32 Å². The molecule has 0 saturated carbocycles. The number of phenols is 1. The monoisotopic (exact) mass is 261 g/mol. The Hall–Kier alpha value is -2.56. The summed E-state index contributed by atoms with van der Waals surface area (Å²) in [6.45, 7) is 3.44. The van der Waals surface area contributed by atoms with Gasteiger partial charge in [-0.25, -0.2) is 4.79 Å². The highest BCUT2D eigenvalue weighted by Gasteiger charge is 2.16. The Bertz CT molecular complexity index is 491. The van der Waals surface area contributed by atoms with Crippen LogP contribution in [0.2, 0.25) is 0 Å². The molecule has 0 spiro atoms. The van der Waals surface area contributed by atoms with Crippen molar-refractivity contribution in [1.29, 1.82) is 0 Å². The smallest absolute Gasteiger partial charge is 0.326 e. The van der Waals surface area contributed by atoms with Gasteiger partial charge in [-0.3, -0.25) is 4.79 Å². The molecule has 1 aromatic carbocycles. The lowest BCUT2D eigenvalue weighted by Gasteiger charge is -2.10. The predicted molar refractivity (Wildman–Crippen MR) is 71.5 cm³/mol. The summed E-state index contributed by atoms with van der Waals surface area (Å²) in [7, 11) is 0. The Morgan fingerprint density at radius 1 is 1.32 bits per heavy atom. The number of carbonyl (C=O) groups is 2.